The van der Waals surface area contributed by atoms with Gasteiger partial charge in [0.1, 0.15) is 5.75 Å². The minimum atomic E-state index is -2.84. The highest BCUT2D eigenvalue weighted by Gasteiger charge is 2.08. The number of rotatable bonds is 4. The number of fused-ring (bicyclic) bond motifs is 1. The van der Waals surface area contributed by atoms with Crippen LogP contribution in [0.4, 0.5) is 20.2 Å². The predicted molar refractivity (Wildman–Crippen MR) is 102 cm³/mol. The Labute approximate surface area is 149 Å². The van der Waals surface area contributed by atoms with Crippen molar-refractivity contribution >= 4 is 39.5 Å². The Bertz CT molecular complexity index is 910. The molecule has 3 aromatic carbocycles. The summed E-state index contributed by atoms with van der Waals surface area (Å²) in [5, 5.41) is 8.85. The second-order valence-electron chi connectivity index (χ2n) is 5.46. The molecule has 3 nitrogen and oxygen atoms in total. The summed E-state index contributed by atoms with van der Waals surface area (Å²) >= 11 is 5.37. The topological polar surface area (TPSA) is 33.3 Å². The molecule has 25 heavy (non-hydrogen) atoms. The van der Waals surface area contributed by atoms with E-state index in [1.807, 2.05) is 42.5 Å². The van der Waals surface area contributed by atoms with Crippen molar-refractivity contribution in [3.8, 4) is 5.75 Å². The smallest absolute Gasteiger partial charge is 0.387 e. The molecule has 0 saturated heterocycles. The lowest BCUT2D eigenvalue weighted by molar-refractivity contribution is -0.0498. The van der Waals surface area contributed by atoms with Crippen molar-refractivity contribution in [3.05, 3.63) is 66.2 Å². The number of aryl methyl sites for hydroxylation is 1. The zero-order valence-electron chi connectivity index (χ0n) is 13.4. The van der Waals surface area contributed by atoms with Crippen molar-refractivity contribution in [2.45, 2.75) is 13.5 Å². The molecule has 0 amide bonds. The molecule has 0 fully saturated rings. The molecule has 0 heterocycles. The van der Waals surface area contributed by atoms with E-state index in [9.17, 15) is 8.78 Å². The second-order valence-corrected chi connectivity index (χ2v) is 5.87. The maximum atomic E-state index is 12.3. The van der Waals surface area contributed by atoms with E-state index in [0.717, 1.165) is 27.7 Å². The van der Waals surface area contributed by atoms with Crippen molar-refractivity contribution < 1.29 is 13.5 Å². The first kappa shape index (κ1) is 17.1. The summed E-state index contributed by atoms with van der Waals surface area (Å²) in [7, 11) is 0. The minimum absolute atomic E-state index is 0.117. The molecule has 0 saturated carbocycles. The van der Waals surface area contributed by atoms with Crippen LogP contribution in [0.1, 0.15) is 5.56 Å². The average molecular weight is 358 g/mol. The van der Waals surface area contributed by atoms with Gasteiger partial charge in [-0.25, -0.2) is 0 Å². The zero-order valence-corrected chi connectivity index (χ0v) is 14.2. The van der Waals surface area contributed by atoms with Crippen LogP contribution in [0.2, 0.25) is 0 Å². The van der Waals surface area contributed by atoms with Gasteiger partial charge in [-0.15, -0.1) is 0 Å². The number of hydrogen-bond donors (Lipinski definition) is 2. The van der Waals surface area contributed by atoms with Crippen molar-refractivity contribution in [2.75, 3.05) is 10.6 Å². The summed E-state index contributed by atoms with van der Waals surface area (Å²) in [4.78, 5) is 0. The van der Waals surface area contributed by atoms with Gasteiger partial charge in [0.05, 0.1) is 0 Å². The van der Waals surface area contributed by atoms with Crippen molar-refractivity contribution in [3.63, 3.8) is 0 Å². The number of alkyl halides is 2. The second kappa shape index (κ2) is 7.44. The highest BCUT2D eigenvalue weighted by molar-refractivity contribution is 7.80. The van der Waals surface area contributed by atoms with Crippen LogP contribution in [0, 0.1) is 6.92 Å². The predicted octanol–water partition coefficient (Wildman–Crippen LogP) is 5.56. The quantitative estimate of drug-likeness (QED) is 0.598. The largest absolute Gasteiger partial charge is 0.435 e. The lowest BCUT2D eigenvalue weighted by Crippen LogP contribution is -2.19. The van der Waals surface area contributed by atoms with E-state index in [4.69, 9.17) is 12.2 Å². The lowest BCUT2D eigenvalue weighted by atomic mass is 10.1. The normalized spacial score (nSPS) is 10.7. The lowest BCUT2D eigenvalue weighted by Gasteiger charge is -2.15. The summed E-state index contributed by atoms with van der Waals surface area (Å²) < 4.78 is 28.9. The van der Waals surface area contributed by atoms with Crippen LogP contribution in [-0.2, 0) is 0 Å². The molecule has 6 heteroatoms. The first-order valence-corrected chi connectivity index (χ1v) is 8.05. The molecule has 2 N–H and O–H groups in total. The van der Waals surface area contributed by atoms with Gasteiger partial charge < -0.3 is 15.4 Å². The summed E-state index contributed by atoms with van der Waals surface area (Å²) in [6, 6.07) is 18.6. The molecule has 0 aliphatic carbocycles. The van der Waals surface area contributed by atoms with Crippen LogP contribution in [0.3, 0.4) is 0 Å². The summed E-state index contributed by atoms with van der Waals surface area (Å²) in [6.07, 6.45) is 0. The molecule has 3 aromatic rings. The summed E-state index contributed by atoms with van der Waals surface area (Å²) in [6.45, 7) is -1.05. The molecular weight excluding hydrogens is 342 g/mol. The van der Waals surface area contributed by atoms with Gasteiger partial charge in [0.2, 0.25) is 0 Å². The zero-order chi connectivity index (χ0) is 17.8. The van der Waals surface area contributed by atoms with E-state index in [2.05, 4.69) is 15.4 Å². The number of benzene rings is 3. The van der Waals surface area contributed by atoms with Gasteiger partial charge in [-0.1, -0.05) is 36.4 Å². The van der Waals surface area contributed by atoms with Crippen molar-refractivity contribution in [1.29, 1.82) is 0 Å². The Morgan fingerprint density at radius 2 is 1.68 bits per heavy atom. The molecule has 0 aromatic heterocycles. The molecule has 0 spiro atoms. The number of hydrogen-bond acceptors (Lipinski definition) is 2. The molecule has 3 rings (SSSR count). The number of halogens is 2. The van der Waals surface area contributed by atoms with E-state index in [1.165, 1.54) is 12.1 Å². The van der Waals surface area contributed by atoms with Crippen LogP contribution in [0.15, 0.2) is 60.7 Å². The fraction of sp³-hybridized carbons (Fsp3) is 0.105. The highest BCUT2D eigenvalue weighted by atomic mass is 32.1. The van der Waals surface area contributed by atoms with Gasteiger partial charge in [0, 0.05) is 16.8 Å². The monoisotopic (exact) mass is 358 g/mol. The van der Waals surface area contributed by atoms with E-state index in [0.29, 0.717) is 5.11 Å². The standard InChI is InChI=1S/C19H16F2N2OS/c1-12-11-14(24-18(20)21)9-10-16(12)22-19(25)23-17-8-4-6-13-5-2-3-7-15(13)17/h2-11,18H,1H3,(H2,22,23,25). The van der Waals surface area contributed by atoms with Gasteiger partial charge in [0.15, 0.2) is 5.11 Å². The number of ether oxygens (including phenoxy) is 1. The maximum absolute atomic E-state index is 12.3. The third-order valence-electron chi connectivity index (χ3n) is 3.71. The molecule has 128 valence electrons. The third kappa shape index (κ3) is 4.22. The van der Waals surface area contributed by atoms with Gasteiger partial charge in [-0.2, -0.15) is 8.78 Å². The first-order chi connectivity index (χ1) is 12.0. The molecule has 0 atom stereocenters. The Kier molecular flexibility index (Phi) is 5.09. The Morgan fingerprint density at radius 1 is 0.960 bits per heavy atom. The van der Waals surface area contributed by atoms with E-state index in [-0.39, 0.29) is 5.75 Å². The Hall–Kier alpha value is -2.73. The fourth-order valence-electron chi connectivity index (χ4n) is 2.56. The average Bonchev–Trinajstić information content (AvgIpc) is 2.57. The maximum Gasteiger partial charge on any atom is 0.387 e. The van der Waals surface area contributed by atoms with Gasteiger partial charge in [0.25, 0.3) is 0 Å². The van der Waals surface area contributed by atoms with Crippen molar-refractivity contribution in [2.24, 2.45) is 0 Å². The molecule has 0 radical (unpaired) electrons. The van der Waals surface area contributed by atoms with Crippen LogP contribution in [0.5, 0.6) is 5.75 Å². The molecule has 0 unspecified atom stereocenters. The summed E-state index contributed by atoms with van der Waals surface area (Å²) in [5.74, 6) is 0.117. The van der Waals surface area contributed by atoms with Gasteiger partial charge >= 0.3 is 6.61 Å². The Balaban J connectivity index is 1.74. The van der Waals surface area contributed by atoms with Crippen LogP contribution >= 0.6 is 12.2 Å². The molecule has 0 aliphatic heterocycles. The number of thiocarbonyl (C=S) groups is 1. The van der Waals surface area contributed by atoms with Crippen LogP contribution in [-0.4, -0.2) is 11.7 Å². The Morgan fingerprint density at radius 3 is 2.44 bits per heavy atom. The molecular formula is C19H16F2N2OS. The number of nitrogens with one attached hydrogen (secondary N) is 2. The van der Waals surface area contributed by atoms with Crippen molar-refractivity contribution in [1.82, 2.24) is 0 Å². The first-order valence-electron chi connectivity index (χ1n) is 7.64. The highest BCUT2D eigenvalue weighted by Crippen LogP contribution is 2.25. The minimum Gasteiger partial charge on any atom is -0.435 e. The molecule has 0 aliphatic rings. The molecule has 0 bridgehead atoms. The van der Waals surface area contributed by atoms with E-state index >= 15 is 0 Å². The van der Waals surface area contributed by atoms with E-state index in [1.54, 1.807) is 13.0 Å². The van der Waals surface area contributed by atoms with Gasteiger partial charge in [-0.3, -0.25) is 0 Å². The van der Waals surface area contributed by atoms with Crippen LogP contribution < -0.4 is 15.4 Å². The fourth-order valence-corrected chi connectivity index (χ4v) is 2.78. The van der Waals surface area contributed by atoms with Gasteiger partial charge in [-0.05, 0) is 54.4 Å². The van der Waals surface area contributed by atoms with Crippen LogP contribution in [0.25, 0.3) is 10.8 Å². The SMILES string of the molecule is Cc1cc(OC(F)F)ccc1NC(=S)Nc1cccc2ccccc12. The van der Waals surface area contributed by atoms with E-state index < -0.39 is 6.61 Å². The third-order valence-corrected chi connectivity index (χ3v) is 3.91. The summed E-state index contributed by atoms with van der Waals surface area (Å²) in [5.41, 5.74) is 2.37. The number of anilines is 2.